The van der Waals surface area contributed by atoms with E-state index in [0.29, 0.717) is 11.2 Å². The lowest BCUT2D eigenvalue weighted by Crippen LogP contribution is -2.49. The summed E-state index contributed by atoms with van der Waals surface area (Å²) in [5, 5.41) is 9.23. The Morgan fingerprint density at radius 3 is 2.03 bits per heavy atom. The van der Waals surface area contributed by atoms with Crippen molar-refractivity contribution in [1.29, 1.82) is 0 Å². The lowest BCUT2D eigenvalue weighted by atomic mass is 9.72. The summed E-state index contributed by atoms with van der Waals surface area (Å²) >= 11 is 1.48. The fraction of sp³-hybridized carbons (Fsp3) is 0.583. The van der Waals surface area contributed by atoms with E-state index < -0.39 is 0 Å². The largest absolute Gasteiger partial charge is 0.313 e. The van der Waals surface area contributed by atoms with Gasteiger partial charge in [-0.1, -0.05) is 65.8 Å². The number of amides is 1. The van der Waals surface area contributed by atoms with Crippen molar-refractivity contribution >= 4 is 22.4 Å². The Hall–Kier alpha value is -1.72. The molecule has 0 spiro atoms. The molecule has 0 saturated heterocycles. The Balaban J connectivity index is 1.82. The average Bonchev–Trinajstić information content (AvgIpc) is 3.02. The number of anilines is 1. The van der Waals surface area contributed by atoms with Crippen LogP contribution in [0.4, 0.5) is 5.13 Å². The number of thiazole rings is 1. The third kappa shape index (κ3) is 7.90. The molecule has 2 N–H and O–H groups in total. The van der Waals surface area contributed by atoms with Crippen LogP contribution in [-0.2, 0) is 24.1 Å². The van der Waals surface area contributed by atoms with Crippen LogP contribution >= 0.6 is 11.3 Å². The summed E-state index contributed by atoms with van der Waals surface area (Å²) in [6.45, 7) is 16.4. The summed E-state index contributed by atoms with van der Waals surface area (Å²) in [5.41, 5.74) is 4.18. The zero-order chi connectivity index (χ0) is 21.7. The molecule has 5 heteroatoms. The van der Waals surface area contributed by atoms with Crippen molar-refractivity contribution in [2.45, 2.75) is 73.8 Å². The molecular formula is C24H37N3OS. The topological polar surface area (TPSA) is 54.0 Å². The minimum absolute atomic E-state index is 0.0766. The molecule has 0 unspecified atom stereocenters. The zero-order valence-corrected chi connectivity index (χ0v) is 19.9. The minimum Gasteiger partial charge on any atom is -0.313 e. The van der Waals surface area contributed by atoms with E-state index in [1.165, 1.54) is 29.4 Å². The van der Waals surface area contributed by atoms with Gasteiger partial charge in [-0.15, -0.1) is 11.3 Å². The molecule has 0 fully saturated rings. The fourth-order valence-electron chi connectivity index (χ4n) is 4.05. The van der Waals surface area contributed by atoms with Crippen LogP contribution in [0.2, 0.25) is 0 Å². The van der Waals surface area contributed by atoms with Crippen molar-refractivity contribution in [2.24, 2.45) is 10.8 Å². The molecule has 0 atom stereocenters. The van der Waals surface area contributed by atoms with E-state index >= 15 is 0 Å². The van der Waals surface area contributed by atoms with Crippen LogP contribution < -0.4 is 10.6 Å². The summed E-state index contributed by atoms with van der Waals surface area (Å²) in [6, 6.07) is 9.39. The number of carbonyl (C=O) groups excluding carboxylic acids is 1. The highest BCUT2D eigenvalue weighted by Gasteiger charge is 2.34. The lowest BCUT2D eigenvalue weighted by Gasteiger charge is -2.41. The number of aryl methyl sites for hydroxylation is 2. The van der Waals surface area contributed by atoms with Gasteiger partial charge in [-0.05, 0) is 47.8 Å². The summed E-state index contributed by atoms with van der Waals surface area (Å²) in [6.07, 6.45) is 2.88. The Labute approximate surface area is 180 Å². The van der Waals surface area contributed by atoms with Gasteiger partial charge in [0.15, 0.2) is 5.13 Å². The highest BCUT2D eigenvalue weighted by molar-refractivity contribution is 7.13. The Bertz CT molecular complexity index is 768. The quantitative estimate of drug-likeness (QED) is 0.600. The molecular weight excluding hydrogens is 378 g/mol. The number of benzene rings is 1. The molecule has 0 aliphatic rings. The SMILES string of the molecule is CC(=O)Nc1nc(CCc2ccc(CCNC(C(C)(C)C)C(C)(C)C)cc2)cs1. The van der Waals surface area contributed by atoms with Crippen LogP contribution in [0.15, 0.2) is 29.6 Å². The summed E-state index contributed by atoms with van der Waals surface area (Å²) in [4.78, 5) is 15.6. The molecule has 1 heterocycles. The molecule has 29 heavy (non-hydrogen) atoms. The van der Waals surface area contributed by atoms with E-state index in [-0.39, 0.29) is 16.7 Å². The molecule has 1 aromatic carbocycles. The Kier molecular flexibility index (Phi) is 8.01. The molecule has 0 radical (unpaired) electrons. The Morgan fingerprint density at radius 1 is 0.966 bits per heavy atom. The van der Waals surface area contributed by atoms with Crippen molar-refractivity contribution in [1.82, 2.24) is 10.3 Å². The van der Waals surface area contributed by atoms with Gasteiger partial charge in [-0.25, -0.2) is 4.98 Å². The second-order valence-electron chi connectivity index (χ2n) is 10.0. The van der Waals surface area contributed by atoms with Crippen molar-refractivity contribution in [3.05, 3.63) is 46.5 Å². The molecule has 1 aromatic heterocycles. The van der Waals surface area contributed by atoms with Gasteiger partial charge < -0.3 is 10.6 Å². The summed E-state index contributed by atoms with van der Waals surface area (Å²) in [5.74, 6) is -0.0766. The highest BCUT2D eigenvalue weighted by Crippen LogP contribution is 2.33. The maximum absolute atomic E-state index is 11.1. The third-order valence-corrected chi connectivity index (χ3v) is 5.83. The van der Waals surface area contributed by atoms with Gasteiger partial charge >= 0.3 is 0 Å². The number of hydrogen-bond acceptors (Lipinski definition) is 4. The van der Waals surface area contributed by atoms with Crippen molar-refractivity contribution in [3.63, 3.8) is 0 Å². The van der Waals surface area contributed by atoms with Gasteiger partial charge in [0.2, 0.25) is 5.91 Å². The molecule has 2 aromatic rings. The van der Waals surface area contributed by atoms with Crippen LogP contribution in [0.5, 0.6) is 0 Å². The zero-order valence-electron chi connectivity index (χ0n) is 19.1. The monoisotopic (exact) mass is 415 g/mol. The first-order valence-electron chi connectivity index (χ1n) is 10.5. The van der Waals surface area contributed by atoms with Crippen LogP contribution in [0, 0.1) is 10.8 Å². The van der Waals surface area contributed by atoms with E-state index in [1.54, 1.807) is 0 Å². The van der Waals surface area contributed by atoms with Gasteiger partial charge in [-0.3, -0.25) is 4.79 Å². The molecule has 0 aliphatic carbocycles. The molecule has 1 amide bonds. The van der Waals surface area contributed by atoms with Crippen LogP contribution in [0.3, 0.4) is 0 Å². The number of aromatic nitrogens is 1. The van der Waals surface area contributed by atoms with Crippen LogP contribution in [-0.4, -0.2) is 23.5 Å². The normalized spacial score (nSPS) is 12.4. The van der Waals surface area contributed by atoms with Gasteiger partial charge in [-0.2, -0.15) is 0 Å². The maximum atomic E-state index is 11.1. The van der Waals surface area contributed by atoms with Crippen molar-refractivity contribution in [3.8, 4) is 0 Å². The first-order chi connectivity index (χ1) is 13.4. The lowest BCUT2D eigenvalue weighted by molar-refractivity contribution is -0.114. The van der Waals surface area contributed by atoms with Gasteiger partial charge in [0, 0.05) is 18.3 Å². The summed E-state index contributed by atoms with van der Waals surface area (Å²) in [7, 11) is 0. The van der Waals surface area contributed by atoms with E-state index in [1.807, 2.05) is 5.38 Å². The molecule has 4 nitrogen and oxygen atoms in total. The minimum atomic E-state index is -0.0766. The van der Waals surface area contributed by atoms with E-state index in [0.717, 1.165) is 31.5 Å². The average molecular weight is 416 g/mol. The first kappa shape index (κ1) is 23.6. The maximum Gasteiger partial charge on any atom is 0.223 e. The number of carbonyl (C=O) groups is 1. The number of hydrogen-bond donors (Lipinski definition) is 2. The predicted octanol–water partition coefficient (Wildman–Crippen LogP) is 5.48. The summed E-state index contributed by atoms with van der Waals surface area (Å²) < 4.78 is 0. The number of nitrogens with one attached hydrogen (secondary N) is 2. The highest BCUT2D eigenvalue weighted by atomic mass is 32.1. The van der Waals surface area contributed by atoms with Crippen LogP contribution in [0.1, 0.15) is 65.3 Å². The second kappa shape index (κ2) is 9.86. The second-order valence-corrected chi connectivity index (χ2v) is 10.9. The molecule has 0 bridgehead atoms. The van der Waals surface area contributed by atoms with E-state index in [9.17, 15) is 4.79 Å². The van der Waals surface area contributed by atoms with Gasteiger partial charge in [0.25, 0.3) is 0 Å². The standard InChI is InChI=1S/C24H37N3OS/c1-17(28)26-22-27-20(16-29-22)13-12-18-8-10-19(11-9-18)14-15-25-21(23(2,3)4)24(5,6)7/h8-11,16,21,25H,12-15H2,1-7H3,(H,26,27,28). The molecule has 2 rings (SSSR count). The first-order valence-corrected chi connectivity index (χ1v) is 11.4. The Morgan fingerprint density at radius 2 is 1.52 bits per heavy atom. The fourth-order valence-corrected chi connectivity index (χ4v) is 4.84. The van der Waals surface area contributed by atoms with Crippen molar-refractivity contribution < 1.29 is 4.79 Å². The number of rotatable bonds is 8. The van der Waals surface area contributed by atoms with Gasteiger partial charge in [0.05, 0.1) is 5.69 Å². The predicted molar refractivity (Wildman–Crippen MR) is 125 cm³/mol. The van der Waals surface area contributed by atoms with E-state index in [4.69, 9.17) is 0 Å². The smallest absolute Gasteiger partial charge is 0.223 e. The molecule has 0 aliphatic heterocycles. The molecule has 0 saturated carbocycles. The van der Waals surface area contributed by atoms with Crippen LogP contribution in [0.25, 0.3) is 0 Å². The van der Waals surface area contributed by atoms with E-state index in [2.05, 4.69) is 81.4 Å². The van der Waals surface area contributed by atoms with Gasteiger partial charge in [0.1, 0.15) is 0 Å². The molecule has 160 valence electrons. The third-order valence-electron chi connectivity index (χ3n) is 5.02. The number of nitrogens with zero attached hydrogens (tertiary/aromatic N) is 1. The van der Waals surface area contributed by atoms with Crippen molar-refractivity contribution in [2.75, 3.05) is 11.9 Å².